The highest BCUT2D eigenvalue weighted by molar-refractivity contribution is 5.94. The van der Waals surface area contributed by atoms with Crippen molar-refractivity contribution in [3.63, 3.8) is 0 Å². The second-order valence-electron chi connectivity index (χ2n) is 5.20. The van der Waals surface area contributed by atoms with Gasteiger partial charge in [-0.1, -0.05) is 17.7 Å². The number of hydrogen-bond acceptors (Lipinski definition) is 3. The number of furan rings is 1. The van der Waals surface area contributed by atoms with Crippen molar-refractivity contribution in [1.29, 1.82) is 0 Å². The molecule has 0 aliphatic carbocycles. The summed E-state index contributed by atoms with van der Waals surface area (Å²) < 4.78 is 10.9. The van der Waals surface area contributed by atoms with Crippen LogP contribution < -0.4 is 10.1 Å². The molecule has 1 N–H and O–H groups in total. The highest BCUT2D eigenvalue weighted by Gasteiger charge is 2.06. The third-order valence-electron chi connectivity index (χ3n) is 3.38. The maximum atomic E-state index is 12.1. The van der Waals surface area contributed by atoms with Gasteiger partial charge in [0.05, 0.1) is 12.8 Å². The molecule has 2 aromatic carbocycles. The zero-order valence-corrected chi connectivity index (χ0v) is 12.8. The Kier molecular flexibility index (Phi) is 4.43. The van der Waals surface area contributed by atoms with E-state index in [4.69, 9.17) is 9.15 Å². The number of rotatable bonds is 5. The molecule has 0 aliphatic rings. The van der Waals surface area contributed by atoms with Gasteiger partial charge in [-0.25, -0.2) is 0 Å². The van der Waals surface area contributed by atoms with Crippen LogP contribution in [0.2, 0.25) is 0 Å². The quantitative estimate of drug-likeness (QED) is 0.764. The molecule has 116 valence electrons. The zero-order valence-electron chi connectivity index (χ0n) is 12.8. The Hall–Kier alpha value is -3.01. The van der Waals surface area contributed by atoms with Crippen molar-refractivity contribution in [1.82, 2.24) is 5.32 Å². The molecule has 0 bridgehead atoms. The summed E-state index contributed by atoms with van der Waals surface area (Å²) in [6.07, 6.45) is 1.58. The first-order chi connectivity index (χ1) is 11.2. The summed E-state index contributed by atoms with van der Waals surface area (Å²) in [5, 5.41) is 2.80. The minimum absolute atomic E-state index is 0.150. The predicted molar refractivity (Wildman–Crippen MR) is 87.6 cm³/mol. The number of amides is 1. The van der Waals surface area contributed by atoms with E-state index in [1.807, 2.05) is 37.3 Å². The molecule has 0 unspecified atom stereocenters. The Morgan fingerprint density at radius 1 is 1.00 bits per heavy atom. The van der Waals surface area contributed by atoms with Crippen LogP contribution in [0.25, 0.3) is 0 Å². The Morgan fingerprint density at radius 3 is 2.26 bits per heavy atom. The lowest BCUT2D eigenvalue weighted by Crippen LogP contribution is -2.22. The van der Waals surface area contributed by atoms with Gasteiger partial charge in [-0.15, -0.1) is 0 Å². The largest absolute Gasteiger partial charge is 0.467 e. The summed E-state index contributed by atoms with van der Waals surface area (Å²) >= 11 is 0. The van der Waals surface area contributed by atoms with Gasteiger partial charge in [0, 0.05) is 5.56 Å². The first-order valence-corrected chi connectivity index (χ1v) is 7.36. The van der Waals surface area contributed by atoms with Crippen LogP contribution in [0.3, 0.4) is 0 Å². The van der Waals surface area contributed by atoms with Gasteiger partial charge in [0.25, 0.3) is 5.91 Å². The molecule has 0 saturated carbocycles. The van der Waals surface area contributed by atoms with E-state index in [0.29, 0.717) is 17.9 Å². The lowest BCUT2D eigenvalue weighted by atomic mass is 10.2. The van der Waals surface area contributed by atoms with E-state index in [0.717, 1.165) is 11.5 Å². The molecule has 3 aromatic rings. The Labute approximate surface area is 134 Å². The average Bonchev–Trinajstić information content (AvgIpc) is 3.09. The van der Waals surface area contributed by atoms with Gasteiger partial charge in [0.2, 0.25) is 0 Å². The minimum atomic E-state index is -0.150. The van der Waals surface area contributed by atoms with Gasteiger partial charge >= 0.3 is 0 Å². The Bertz CT molecular complexity index is 759. The van der Waals surface area contributed by atoms with Crippen LogP contribution >= 0.6 is 0 Å². The van der Waals surface area contributed by atoms with E-state index < -0.39 is 0 Å². The van der Waals surface area contributed by atoms with E-state index in [1.165, 1.54) is 5.56 Å². The molecular formula is C19H17NO3. The van der Waals surface area contributed by atoms with Crippen LogP contribution in [-0.2, 0) is 6.54 Å². The highest BCUT2D eigenvalue weighted by atomic mass is 16.5. The van der Waals surface area contributed by atoms with Crippen LogP contribution in [0, 0.1) is 6.92 Å². The third-order valence-corrected chi connectivity index (χ3v) is 3.38. The maximum absolute atomic E-state index is 12.1. The van der Waals surface area contributed by atoms with Crippen molar-refractivity contribution >= 4 is 5.91 Å². The molecule has 3 rings (SSSR count). The van der Waals surface area contributed by atoms with E-state index in [-0.39, 0.29) is 5.91 Å². The fraction of sp³-hybridized carbons (Fsp3) is 0.105. The average molecular weight is 307 g/mol. The fourth-order valence-electron chi connectivity index (χ4n) is 2.10. The standard InChI is InChI=1S/C19H17NO3/c1-14-4-8-16(9-5-14)23-17-10-6-15(7-11-17)19(21)20-13-18-3-2-12-22-18/h2-12H,13H2,1H3,(H,20,21). The highest BCUT2D eigenvalue weighted by Crippen LogP contribution is 2.22. The van der Waals surface area contributed by atoms with Crippen LogP contribution in [0.4, 0.5) is 0 Å². The van der Waals surface area contributed by atoms with Crippen molar-refractivity contribution < 1.29 is 13.9 Å². The molecule has 0 atom stereocenters. The molecular weight excluding hydrogens is 290 g/mol. The van der Waals surface area contributed by atoms with E-state index in [1.54, 1.807) is 36.6 Å². The Morgan fingerprint density at radius 2 is 1.65 bits per heavy atom. The van der Waals surface area contributed by atoms with Crippen molar-refractivity contribution in [3.05, 3.63) is 83.8 Å². The van der Waals surface area contributed by atoms with Crippen LogP contribution in [0.1, 0.15) is 21.7 Å². The molecule has 0 radical (unpaired) electrons. The second-order valence-corrected chi connectivity index (χ2v) is 5.20. The monoisotopic (exact) mass is 307 g/mol. The van der Waals surface area contributed by atoms with Gasteiger partial charge in [0.1, 0.15) is 17.3 Å². The summed E-state index contributed by atoms with van der Waals surface area (Å²) in [6.45, 7) is 2.40. The summed E-state index contributed by atoms with van der Waals surface area (Å²) in [7, 11) is 0. The second kappa shape index (κ2) is 6.83. The first kappa shape index (κ1) is 14.9. The van der Waals surface area contributed by atoms with E-state index in [9.17, 15) is 4.79 Å². The third kappa shape index (κ3) is 4.01. The summed E-state index contributed by atoms with van der Waals surface area (Å²) in [5.74, 6) is 2.03. The lowest BCUT2D eigenvalue weighted by Gasteiger charge is -2.07. The van der Waals surface area contributed by atoms with Gasteiger partial charge in [-0.3, -0.25) is 4.79 Å². The molecule has 0 spiro atoms. The van der Waals surface area contributed by atoms with Crippen LogP contribution in [0.5, 0.6) is 11.5 Å². The van der Waals surface area contributed by atoms with E-state index >= 15 is 0 Å². The van der Waals surface area contributed by atoms with Gasteiger partial charge in [0.15, 0.2) is 0 Å². The van der Waals surface area contributed by atoms with Gasteiger partial charge < -0.3 is 14.5 Å². The zero-order chi connectivity index (χ0) is 16.1. The lowest BCUT2D eigenvalue weighted by molar-refractivity contribution is 0.0948. The van der Waals surface area contributed by atoms with Crippen LogP contribution in [0.15, 0.2) is 71.3 Å². The van der Waals surface area contributed by atoms with Crippen molar-refractivity contribution in [3.8, 4) is 11.5 Å². The number of nitrogens with one attached hydrogen (secondary N) is 1. The first-order valence-electron chi connectivity index (χ1n) is 7.36. The SMILES string of the molecule is Cc1ccc(Oc2ccc(C(=O)NCc3ccco3)cc2)cc1. The van der Waals surface area contributed by atoms with Crippen molar-refractivity contribution in [2.45, 2.75) is 13.5 Å². The smallest absolute Gasteiger partial charge is 0.251 e. The Balaban J connectivity index is 1.59. The minimum Gasteiger partial charge on any atom is -0.467 e. The maximum Gasteiger partial charge on any atom is 0.251 e. The number of carbonyl (C=O) groups is 1. The number of hydrogen-bond donors (Lipinski definition) is 1. The topological polar surface area (TPSA) is 51.5 Å². The fourth-order valence-corrected chi connectivity index (χ4v) is 2.10. The molecule has 4 nitrogen and oxygen atoms in total. The predicted octanol–water partition coefficient (Wildman–Crippen LogP) is 4.31. The molecule has 23 heavy (non-hydrogen) atoms. The molecule has 1 heterocycles. The number of aryl methyl sites for hydroxylation is 1. The summed E-state index contributed by atoms with van der Waals surface area (Å²) in [4.78, 5) is 12.1. The molecule has 0 aliphatic heterocycles. The molecule has 0 saturated heterocycles. The molecule has 4 heteroatoms. The van der Waals surface area contributed by atoms with Gasteiger partial charge in [-0.05, 0) is 55.5 Å². The van der Waals surface area contributed by atoms with E-state index in [2.05, 4.69) is 5.32 Å². The number of carbonyl (C=O) groups excluding carboxylic acids is 1. The number of benzene rings is 2. The van der Waals surface area contributed by atoms with Gasteiger partial charge in [-0.2, -0.15) is 0 Å². The van der Waals surface area contributed by atoms with Crippen LogP contribution in [-0.4, -0.2) is 5.91 Å². The molecule has 1 amide bonds. The summed E-state index contributed by atoms with van der Waals surface area (Å²) in [6, 6.07) is 18.5. The summed E-state index contributed by atoms with van der Waals surface area (Å²) in [5.41, 5.74) is 1.76. The normalized spacial score (nSPS) is 10.3. The number of ether oxygens (including phenoxy) is 1. The van der Waals surface area contributed by atoms with Crippen molar-refractivity contribution in [2.24, 2.45) is 0 Å². The molecule has 1 aromatic heterocycles. The molecule has 0 fully saturated rings. The van der Waals surface area contributed by atoms with Crippen molar-refractivity contribution in [2.75, 3.05) is 0 Å².